The van der Waals surface area contributed by atoms with Gasteiger partial charge in [0, 0.05) is 6.21 Å². The van der Waals surface area contributed by atoms with E-state index < -0.39 is 7.12 Å². The summed E-state index contributed by atoms with van der Waals surface area (Å²) in [7, 11) is -0.794. The molecular formula is C15H14BNO2. The van der Waals surface area contributed by atoms with Crippen molar-refractivity contribution in [1.29, 1.82) is 0 Å². The Morgan fingerprint density at radius 3 is 2.89 bits per heavy atom. The topological polar surface area (TPSA) is 41.8 Å². The third-order valence-corrected chi connectivity index (χ3v) is 3.19. The number of aliphatic imine (C=N–C) groups is 1. The Morgan fingerprint density at radius 2 is 2.05 bits per heavy atom. The molecule has 1 aliphatic heterocycles. The number of benzene rings is 2. The van der Waals surface area contributed by atoms with Gasteiger partial charge < -0.3 is 9.68 Å². The van der Waals surface area contributed by atoms with E-state index in [0.29, 0.717) is 13.2 Å². The second-order valence-electron chi connectivity index (χ2n) is 4.58. The average molecular weight is 251 g/mol. The van der Waals surface area contributed by atoms with Gasteiger partial charge in [-0.2, -0.15) is 0 Å². The van der Waals surface area contributed by atoms with Crippen LogP contribution in [0.2, 0.25) is 0 Å². The van der Waals surface area contributed by atoms with E-state index in [1.807, 2.05) is 42.6 Å². The summed E-state index contributed by atoms with van der Waals surface area (Å²) in [4.78, 5) is 4.41. The van der Waals surface area contributed by atoms with Crippen LogP contribution in [-0.2, 0) is 17.8 Å². The fourth-order valence-corrected chi connectivity index (χ4v) is 2.15. The highest BCUT2D eigenvalue weighted by atomic mass is 16.5. The first-order chi connectivity index (χ1) is 9.33. The number of hydrogen-bond acceptors (Lipinski definition) is 3. The second kappa shape index (κ2) is 5.39. The van der Waals surface area contributed by atoms with Gasteiger partial charge in [0.1, 0.15) is 0 Å². The van der Waals surface area contributed by atoms with E-state index in [4.69, 9.17) is 4.65 Å². The van der Waals surface area contributed by atoms with Crippen LogP contribution < -0.4 is 5.46 Å². The zero-order chi connectivity index (χ0) is 13.1. The van der Waals surface area contributed by atoms with Gasteiger partial charge in [0.15, 0.2) is 0 Å². The Bertz CT molecular complexity index is 598. The predicted molar refractivity (Wildman–Crippen MR) is 76.6 cm³/mol. The van der Waals surface area contributed by atoms with E-state index >= 15 is 0 Å². The molecule has 0 aromatic heterocycles. The van der Waals surface area contributed by atoms with E-state index in [1.165, 1.54) is 5.56 Å². The molecule has 0 radical (unpaired) electrons. The van der Waals surface area contributed by atoms with Crippen molar-refractivity contribution in [1.82, 2.24) is 0 Å². The Hall–Kier alpha value is -1.91. The highest BCUT2D eigenvalue weighted by Gasteiger charge is 2.26. The van der Waals surface area contributed by atoms with Crippen molar-refractivity contribution in [3.05, 3.63) is 65.2 Å². The number of fused-ring (bicyclic) bond motifs is 1. The third kappa shape index (κ3) is 2.75. The summed E-state index contributed by atoms with van der Waals surface area (Å²) in [6, 6.07) is 16.0. The lowest BCUT2D eigenvalue weighted by Gasteiger charge is -2.00. The van der Waals surface area contributed by atoms with Gasteiger partial charge in [-0.3, -0.25) is 4.99 Å². The summed E-state index contributed by atoms with van der Waals surface area (Å²) >= 11 is 0. The maximum atomic E-state index is 9.64. The molecular weight excluding hydrogens is 237 g/mol. The van der Waals surface area contributed by atoms with Gasteiger partial charge in [0.25, 0.3) is 0 Å². The minimum atomic E-state index is -0.794. The van der Waals surface area contributed by atoms with Crippen LogP contribution in [0.1, 0.15) is 16.7 Å². The molecule has 19 heavy (non-hydrogen) atoms. The fraction of sp³-hybridized carbons (Fsp3) is 0.133. The van der Waals surface area contributed by atoms with Gasteiger partial charge in [-0.25, -0.2) is 0 Å². The molecule has 0 saturated heterocycles. The predicted octanol–water partition coefficient (Wildman–Crippen LogP) is 1.52. The molecule has 1 aliphatic rings. The number of rotatable bonds is 3. The van der Waals surface area contributed by atoms with Gasteiger partial charge in [-0.05, 0) is 22.2 Å². The van der Waals surface area contributed by atoms with E-state index in [9.17, 15) is 5.02 Å². The Morgan fingerprint density at radius 1 is 1.21 bits per heavy atom. The van der Waals surface area contributed by atoms with Crippen molar-refractivity contribution in [3.8, 4) is 0 Å². The standard InChI is InChI=1S/C15H14BNO2/c18-16-15-8-13(6-7-14(15)11-19-16)10-17-9-12-4-2-1-3-5-12/h1-8,10,18H,9,11H2. The molecule has 0 spiro atoms. The minimum absolute atomic E-state index is 0.484. The molecule has 0 unspecified atom stereocenters. The van der Waals surface area contributed by atoms with Crippen molar-refractivity contribution < 1.29 is 9.68 Å². The molecule has 3 rings (SSSR count). The van der Waals surface area contributed by atoms with Crippen LogP contribution in [0.15, 0.2) is 53.5 Å². The largest absolute Gasteiger partial charge is 0.491 e. The normalized spacial score (nSPS) is 14.1. The molecule has 0 saturated carbocycles. The van der Waals surface area contributed by atoms with Crippen molar-refractivity contribution in [2.45, 2.75) is 13.2 Å². The Kier molecular flexibility index (Phi) is 3.44. The summed E-state index contributed by atoms with van der Waals surface area (Å²) in [6.07, 6.45) is 1.83. The summed E-state index contributed by atoms with van der Waals surface area (Å²) in [6.45, 7) is 1.15. The molecule has 0 fully saturated rings. The summed E-state index contributed by atoms with van der Waals surface area (Å²) in [5.74, 6) is 0. The first-order valence-corrected chi connectivity index (χ1v) is 6.29. The molecule has 94 valence electrons. The Labute approximate surface area is 112 Å². The quantitative estimate of drug-likeness (QED) is 0.663. The average Bonchev–Trinajstić information content (AvgIpc) is 2.82. The van der Waals surface area contributed by atoms with Crippen molar-refractivity contribution >= 4 is 18.8 Å². The lowest BCUT2D eigenvalue weighted by atomic mass is 9.79. The first kappa shape index (κ1) is 12.1. The van der Waals surface area contributed by atoms with E-state index in [-0.39, 0.29) is 0 Å². The first-order valence-electron chi connectivity index (χ1n) is 6.29. The Balaban J connectivity index is 1.72. The maximum Gasteiger partial charge on any atom is 0.491 e. The molecule has 0 aliphatic carbocycles. The van der Waals surface area contributed by atoms with Crippen LogP contribution >= 0.6 is 0 Å². The van der Waals surface area contributed by atoms with E-state index in [0.717, 1.165) is 16.6 Å². The van der Waals surface area contributed by atoms with Gasteiger partial charge in [-0.15, -0.1) is 0 Å². The van der Waals surface area contributed by atoms with Crippen molar-refractivity contribution in [2.24, 2.45) is 4.99 Å². The molecule has 4 heteroatoms. The highest BCUT2D eigenvalue weighted by molar-refractivity contribution is 6.61. The molecule has 1 heterocycles. The van der Waals surface area contributed by atoms with E-state index in [1.54, 1.807) is 0 Å². The summed E-state index contributed by atoms with van der Waals surface area (Å²) in [5, 5.41) is 9.64. The van der Waals surface area contributed by atoms with Crippen molar-refractivity contribution in [3.63, 3.8) is 0 Å². The highest BCUT2D eigenvalue weighted by Crippen LogP contribution is 2.10. The minimum Gasteiger partial charge on any atom is -0.423 e. The summed E-state index contributed by atoms with van der Waals surface area (Å²) in [5.41, 5.74) is 4.07. The van der Waals surface area contributed by atoms with Gasteiger partial charge in [0.2, 0.25) is 0 Å². The van der Waals surface area contributed by atoms with Crippen LogP contribution in [0.5, 0.6) is 0 Å². The van der Waals surface area contributed by atoms with Gasteiger partial charge >= 0.3 is 7.12 Å². The van der Waals surface area contributed by atoms with Gasteiger partial charge in [0.05, 0.1) is 13.2 Å². The second-order valence-corrected chi connectivity index (χ2v) is 4.58. The fourth-order valence-electron chi connectivity index (χ4n) is 2.15. The smallest absolute Gasteiger partial charge is 0.423 e. The summed E-state index contributed by atoms with van der Waals surface area (Å²) < 4.78 is 5.16. The molecule has 2 aromatic carbocycles. The zero-order valence-corrected chi connectivity index (χ0v) is 10.5. The van der Waals surface area contributed by atoms with Crippen molar-refractivity contribution in [2.75, 3.05) is 0 Å². The molecule has 2 aromatic rings. The lowest BCUT2D eigenvalue weighted by Crippen LogP contribution is -2.28. The molecule has 0 bridgehead atoms. The number of nitrogens with zero attached hydrogens (tertiary/aromatic N) is 1. The maximum absolute atomic E-state index is 9.64. The lowest BCUT2D eigenvalue weighted by molar-refractivity contribution is 0.275. The third-order valence-electron chi connectivity index (χ3n) is 3.19. The number of hydrogen-bond donors (Lipinski definition) is 1. The zero-order valence-electron chi connectivity index (χ0n) is 10.5. The molecule has 3 nitrogen and oxygen atoms in total. The molecule has 0 amide bonds. The van der Waals surface area contributed by atoms with Crippen LogP contribution in [0.4, 0.5) is 0 Å². The van der Waals surface area contributed by atoms with Crippen LogP contribution in [0.25, 0.3) is 0 Å². The molecule has 0 atom stereocenters. The van der Waals surface area contributed by atoms with Crippen LogP contribution in [0.3, 0.4) is 0 Å². The van der Waals surface area contributed by atoms with Crippen LogP contribution in [0, 0.1) is 0 Å². The van der Waals surface area contributed by atoms with Gasteiger partial charge in [-0.1, -0.05) is 48.5 Å². The van der Waals surface area contributed by atoms with Crippen LogP contribution in [-0.4, -0.2) is 18.4 Å². The monoisotopic (exact) mass is 251 g/mol. The SMILES string of the molecule is OB1OCc2ccc(C=NCc3ccccc3)cc21. The molecule has 1 N–H and O–H groups in total. The van der Waals surface area contributed by atoms with E-state index in [2.05, 4.69) is 17.1 Å².